The summed E-state index contributed by atoms with van der Waals surface area (Å²) in [5.74, 6) is 1.77. The molecule has 2 N–H and O–H groups in total. The first-order chi connectivity index (χ1) is 19.5. The number of hydrogen-bond acceptors (Lipinski definition) is 6. The first-order valence-electron chi connectivity index (χ1n) is 14.5. The van der Waals surface area contributed by atoms with Crippen molar-refractivity contribution in [2.24, 2.45) is 0 Å². The van der Waals surface area contributed by atoms with Crippen LogP contribution in [0.25, 0.3) is 0 Å². The molecule has 2 amide bonds. The minimum atomic E-state index is -0.114. The van der Waals surface area contributed by atoms with Crippen LogP contribution in [0.4, 0.5) is 0 Å². The number of rotatable bonds is 17. The molecule has 0 saturated heterocycles. The third-order valence-electron chi connectivity index (χ3n) is 6.78. The first-order valence-corrected chi connectivity index (χ1v) is 14.5. The summed E-state index contributed by atoms with van der Waals surface area (Å²) >= 11 is 0. The Labute approximate surface area is 247 Å². The number of methoxy groups -OCH3 is 2. The maximum absolute atomic E-state index is 10.5. The summed E-state index contributed by atoms with van der Waals surface area (Å²) in [5, 5.41) is 5.49. The molecule has 2 unspecified atom stereocenters. The predicted octanol–water partition coefficient (Wildman–Crippen LogP) is 5.66. The van der Waals surface area contributed by atoms with Crippen molar-refractivity contribution >= 4 is 11.8 Å². The summed E-state index contributed by atoms with van der Waals surface area (Å²) in [5.41, 5.74) is 2.35. The molecule has 8 heteroatoms. The summed E-state index contributed by atoms with van der Waals surface area (Å²) < 4.78 is 21.9. The fraction of sp³-hybridized carbons (Fsp3) is 0.576. The summed E-state index contributed by atoms with van der Waals surface area (Å²) in [4.78, 5) is 21.0. The fourth-order valence-electron chi connectivity index (χ4n) is 3.80. The molecule has 0 aliphatic rings. The van der Waals surface area contributed by atoms with Gasteiger partial charge in [-0.1, -0.05) is 51.0 Å². The molecule has 2 aromatic carbocycles. The number of carbonyl (C=O) groups excluding carboxylic acids is 2. The van der Waals surface area contributed by atoms with E-state index in [9.17, 15) is 9.59 Å². The summed E-state index contributed by atoms with van der Waals surface area (Å²) in [6.45, 7) is 14.1. The molecule has 0 bridgehead atoms. The lowest BCUT2D eigenvalue weighted by molar-refractivity contribution is -0.119. The third-order valence-corrected chi connectivity index (χ3v) is 6.78. The summed E-state index contributed by atoms with van der Waals surface area (Å²) in [7, 11) is 3.38. The van der Waals surface area contributed by atoms with E-state index in [1.807, 2.05) is 38.1 Å². The Morgan fingerprint density at radius 1 is 0.659 bits per heavy atom. The van der Waals surface area contributed by atoms with Crippen LogP contribution in [-0.4, -0.2) is 64.5 Å². The van der Waals surface area contributed by atoms with Crippen molar-refractivity contribution in [1.82, 2.24) is 10.6 Å². The largest absolute Gasteiger partial charge is 0.491 e. The van der Waals surface area contributed by atoms with Crippen molar-refractivity contribution in [3.05, 3.63) is 59.7 Å². The van der Waals surface area contributed by atoms with Gasteiger partial charge in [0, 0.05) is 46.6 Å². The standard InChI is InChI=1S/C23H32O4.C10H20N2O2/c1-17(24-5)15-26-21-11-7-19(8-12-21)23(3,4)20-9-13-22(14-10-20)27-16-18(2)25-6;1-9(13)11-7-5-3-4-6-8-12-10(2)14/h7-14,17-18H,15-16H2,1-6H3;3-8H2,1-2H3,(H,11,13)(H,12,14). The van der Waals surface area contributed by atoms with E-state index in [1.54, 1.807) is 14.2 Å². The second kappa shape index (κ2) is 19.9. The Morgan fingerprint density at radius 3 is 1.29 bits per heavy atom. The third kappa shape index (κ3) is 15.5. The molecule has 2 rings (SSSR count). The van der Waals surface area contributed by atoms with Gasteiger partial charge in [0.05, 0.1) is 12.2 Å². The molecular formula is C33H52N2O6. The maximum Gasteiger partial charge on any atom is 0.216 e. The van der Waals surface area contributed by atoms with E-state index in [2.05, 4.69) is 48.7 Å². The van der Waals surface area contributed by atoms with Gasteiger partial charge in [-0.15, -0.1) is 0 Å². The van der Waals surface area contributed by atoms with Gasteiger partial charge in [0.25, 0.3) is 0 Å². The normalized spacial score (nSPS) is 12.4. The molecule has 2 atom stereocenters. The van der Waals surface area contributed by atoms with Crippen molar-refractivity contribution in [3.63, 3.8) is 0 Å². The molecule has 2 aromatic rings. The Balaban J connectivity index is 0.000000509. The van der Waals surface area contributed by atoms with Crippen LogP contribution in [0.1, 0.15) is 78.4 Å². The van der Waals surface area contributed by atoms with Crippen molar-refractivity contribution in [3.8, 4) is 11.5 Å². The molecule has 0 heterocycles. The summed E-state index contributed by atoms with van der Waals surface area (Å²) in [6, 6.07) is 16.6. The molecule has 0 spiro atoms. The second-order valence-corrected chi connectivity index (χ2v) is 10.8. The van der Waals surface area contributed by atoms with Gasteiger partial charge in [0.2, 0.25) is 11.8 Å². The number of unbranched alkanes of at least 4 members (excludes halogenated alkanes) is 3. The van der Waals surface area contributed by atoms with E-state index in [4.69, 9.17) is 18.9 Å². The van der Waals surface area contributed by atoms with Gasteiger partial charge in [-0.05, 0) is 62.1 Å². The van der Waals surface area contributed by atoms with Gasteiger partial charge in [-0.3, -0.25) is 9.59 Å². The zero-order valence-corrected chi connectivity index (χ0v) is 26.4. The van der Waals surface area contributed by atoms with E-state index in [-0.39, 0.29) is 29.4 Å². The first kappa shape index (κ1) is 35.9. The van der Waals surface area contributed by atoms with Gasteiger partial charge in [0.1, 0.15) is 24.7 Å². The molecule has 0 fully saturated rings. The van der Waals surface area contributed by atoms with Crippen LogP contribution in [0.2, 0.25) is 0 Å². The van der Waals surface area contributed by atoms with E-state index >= 15 is 0 Å². The van der Waals surface area contributed by atoms with Crippen LogP contribution >= 0.6 is 0 Å². The SMILES string of the molecule is CC(=O)NCCCCCCNC(C)=O.COC(C)COc1ccc(C(C)(C)c2ccc(OCC(C)OC)cc2)cc1. The van der Waals surface area contributed by atoms with Crippen LogP contribution in [0, 0.1) is 0 Å². The van der Waals surface area contributed by atoms with Crippen molar-refractivity contribution in [2.45, 2.75) is 84.8 Å². The van der Waals surface area contributed by atoms with Gasteiger partial charge in [0.15, 0.2) is 0 Å². The maximum atomic E-state index is 10.5. The van der Waals surface area contributed by atoms with Gasteiger partial charge < -0.3 is 29.6 Å². The van der Waals surface area contributed by atoms with Crippen LogP contribution < -0.4 is 20.1 Å². The zero-order chi connectivity index (χ0) is 30.7. The minimum Gasteiger partial charge on any atom is -0.491 e. The zero-order valence-electron chi connectivity index (χ0n) is 26.4. The van der Waals surface area contributed by atoms with Crippen molar-refractivity contribution < 1.29 is 28.5 Å². The van der Waals surface area contributed by atoms with E-state index < -0.39 is 0 Å². The molecule has 0 radical (unpaired) electrons. The van der Waals surface area contributed by atoms with Crippen molar-refractivity contribution in [1.29, 1.82) is 0 Å². The number of amides is 2. The van der Waals surface area contributed by atoms with E-state index in [0.717, 1.165) is 50.3 Å². The highest BCUT2D eigenvalue weighted by Crippen LogP contribution is 2.33. The molecule has 0 aromatic heterocycles. The molecular weight excluding hydrogens is 520 g/mol. The average Bonchev–Trinajstić information content (AvgIpc) is 2.96. The number of benzene rings is 2. The molecule has 8 nitrogen and oxygen atoms in total. The minimum absolute atomic E-state index is 0.0308. The van der Waals surface area contributed by atoms with Gasteiger partial charge in [-0.25, -0.2) is 0 Å². The molecule has 230 valence electrons. The quantitative estimate of drug-likeness (QED) is 0.238. The lowest BCUT2D eigenvalue weighted by Crippen LogP contribution is -2.21. The fourth-order valence-corrected chi connectivity index (χ4v) is 3.80. The molecule has 41 heavy (non-hydrogen) atoms. The Hall–Kier alpha value is -3.10. The number of nitrogens with one attached hydrogen (secondary N) is 2. The highest BCUT2D eigenvalue weighted by molar-refractivity contribution is 5.73. The van der Waals surface area contributed by atoms with E-state index in [0.29, 0.717) is 13.2 Å². The topological polar surface area (TPSA) is 95.1 Å². The number of hydrogen-bond donors (Lipinski definition) is 2. The van der Waals surface area contributed by atoms with Crippen LogP contribution in [-0.2, 0) is 24.5 Å². The predicted molar refractivity (Wildman–Crippen MR) is 165 cm³/mol. The molecule has 0 aliphatic carbocycles. The average molecular weight is 573 g/mol. The smallest absolute Gasteiger partial charge is 0.216 e. The monoisotopic (exact) mass is 572 g/mol. The number of carbonyl (C=O) groups is 2. The Morgan fingerprint density at radius 2 is 1.00 bits per heavy atom. The van der Waals surface area contributed by atoms with Crippen LogP contribution in [0.15, 0.2) is 48.5 Å². The number of ether oxygens (including phenoxy) is 4. The highest BCUT2D eigenvalue weighted by atomic mass is 16.5. The van der Waals surface area contributed by atoms with Crippen LogP contribution in [0.5, 0.6) is 11.5 Å². The molecule has 0 saturated carbocycles. The van der Waals surface area contributed by atoms with E-state index in [1.165, 1.54) is 25.0 Å². The molecule has 0 aliphatic heterocycles. The van der Waals surface area contributed by atoms with Gasteiger partial charge >= 0.3 is 0 Å². The second-order valence-electron chi connectivity index (χ2n) is 10.8. The Bertz CT molecular complexity index is 912. The van der Waals surface area contributed by atoms with Gasteiger partial charge in [-0.2, -0.15) is 0 Å². The van der Waals surface area contributed by atoms with Crippen molar-refractivity contribution in [2.75, 3.05) is 40.5 Å². The Kier molecular flexibility index (Phi) is 17.4. The summed E-state index contributed by atoms with van der Waals surface area (Å²) in [6.07, 6.45) is 4.38. The lowest BCUT2D eigenvalue weighted by atomic mass is 9.78. The highest BCUT2D eigenvalue weighted by Gasteiger charge is 2.23. The lowest BCUT2D eigenvalue weighted by Gasteiger charge is -2.26. The van der Waals surface area contributed by atoms with Crippen LogP contribution in [0.3, 0.4) is 0 Å².